The van der Waals surface area contributed by atoms with Crippen LogP contribution in [-0.2, 0) is 0 Å². The third-order valence-electron chi connectivity index (χ3n) is 3.93. The van der Waals surface area contributed by atoms with Gasteiger partial charge in [-0.3, -0.25) is 15.0 Å². The minimum absolute atomic E-state index is 0.278. The molecule has 3 aromatic heterocycles. The van der Waals surface area contributed by atoms with Crippen LogP contribution in [0.1, 0.15) is 61.3 Å². The van der Waals surface area contributed by atoms with Gasteiger partial charge < -0.3 is 9.73 Å². The van der Waals surface area contributed by atoms with E-state index < -0.39 is 0 Å². The molecule has 0 aromatic carbocycles. The third kappa shape index (κ3) is 3.22. The highest BCUT2D eigenvalue weighted by atomic mass is 16.3. The molecule has 24 heavy (non-hydrogen) atoms. The Labute approximate surface area is 139 Å². The van der Waals surface area contributed by atoms with E-state index in [1.54, 1.807) is 24.5 Å². The van der Waals surface area contributed by atoms with Gasteiger partial charge in [-0.2, -0.15) is 10.2 Å². The van der Waals surface area contributed by atoms with Crippen LogP contribution in [-0.4, -0.2) is 31.3 Å². The largest absolute Gasteiger partial charge is 0.463 e. The molecule has 0 radical (unpaired) electrons. The van der Waals surface area contributed by atoms with Gasteiger partial charge in [-0.05, 0) is 25.5 Å². The number of carbonyl (C=O) groups is 1. The fraction of sp³-hybridized carbons (Fsp3) is 0.375. The van der Waals surface area contributed by atoms with E-state index in [0.717, 1.165) is 12.2 Å². The number of rotatable bonds is 6. The molecule has 126 valence electrons. The van der Waals surface area contributed by atoms with Crippen LogP contribution in [0.4, 0.5) is 0 Å². The van der Waals surface area contributed by atoms with E-state index in [0.29, 0.717) is 17.3 Å². The highest BCUT2D eigenvalue weighted by molar-refractivity contribution is 5.93. The Balaban J connectivity index is 1.67. The fourth-order valence-corrected chi connectivity index (χ4v) is 2.22. The smallest absolute Gasteiger partial charge is 0.272 e. The number of amides is 1. The zero-order chi connectivity index (χ0) is 17.1. The van der Waals surface area contributed by atoms with Gasteiger partial charge in [0, 0.05) is 12.0 Å². The summed E-state index contributed by atoms with van der Waals surface area (Å²) in [5.74, 6) is 2.00. The number of nitrogens with zero attached hydrogens (tertiary/aromatic N) is 3. The molecule has 0 aliphatic carbocycles. The lowest BCUT2D eigenvalue weighted by atomic mass is 10.1. The van der Waals surface area contributed by atoms with Crippen LogP contribution in [0, 0.1) is 0 Å². The first kappa shape index (κ1) is 16.0. The summed E-state index contributed by atoms with van der Waals surface area (Å²) in [7, 11) is 0. The van der Waals surface area contributed by atoms with Crippen molar-refractivity contribution in [3.05, 3.63) is 41.8 Å². The van der Waals surface area contributed by atoms with Crippen molar-refractivity contribution in [3.8, 4) is 11.5 Å². The summed E-state index contributed by atoms with van der Waals surface area (Å²) in [6, 6.07) is 4.91. The molecule has 0 fully saturated rings. The lowest BCUT2D eigenvalue weighted by Gasteiger charge is -2.09. The molecular formula is C16H20N6O2. The van der Waals surface area contributed by atoms with Gasteiger partial charge in [0.05, 0.1) is 12.3 Å². The molecule has 3 rings (SSSR count). The molecule has 3 aromatic rings. The highest BCUT2D eigenvalue weighted by Gasteiger charge is 2.19. The van der Waals surface area contributed by atoms with Crippen molar-refractivity contribution in [2.45, 2.75) is 39.2 Å². The molecule has 0 spiro atoms. The Bertz CT molecular complexity index is 804. The first-order chi connectivity index (χ1) is 11.6. The van der Waals surface area contributed by atoms with Crippen molar-refractivity contribution >= 4 is 5.91 Å². The van der Waals surface area contributed by atoms with Crippen LogP contribution in [0.25, 0.3) is 11.5 Å². The van der Waals surface area contributed by atoms with Gasteiger partial charge in [0.25, 0.3) is 5.91 Å². The Morgan fingerprint density at radius 2 is 2.17 bits per heavy atom. The molecule has 0 aliphatic heterocycles. The zero-order valence-electron chi connectivity index (χ0n) is 13.8. The topological polar surface area (TPSA) is 112 Å². The monoisotopic (exact) mass is 328 g/mol. The van der Waals surface area contributed by atoms with Gasteiger partial charge in [0.2, 0.25) is 0 Å². The summed E-state index contributed by atoms with van der Waals surface area (Å²) in [5.41, 5.74) is 0.937. The average Bonchev–Trinajstić information content (AvgIpc) is 3.34. The molecule has 8 heteroatoms. The summed E-state index contributed by atoms with van der Waals surface area (Å²) < 4.78 is 5.27. The number of nitrogens with one attached hydrogen (secondary N) is 3. The van der Waals surface area contributed by atoms with E-state index >= 15 is 0 Å². The van der Waals surface area contributed by atoms with Crippen molar-refractivity contribution in [1.29, 1.82) is 0 Å². The van der Waals surface area contributed by atoms with Crippen LogP contribution in [0.2, 0.25) is 0 Å². The quantitative estimate of drug-likeness (QED) is 0.644. The van der Waals surface area contributed by atoms with Crippen molar-refractivity contribution in [2.24, 2.45) is 0 Å². The second-order valence-corrected chi connectivity index (χ2v) is 5.73. The average molecular weight is 328 g/mol. The Morgan fingerprint density at radius 3 is 2.88 bits per heavy atom. The first-order valence-corrected chi connectivity index (χ1v) is 7.90. The number of carbonyl (C=O) groups excluding carboxylic acids is 1. The van der Waals surface area contributed by atoms with Crippen molar-refractivity contribution in [2.75, 3.05) is 0 Å². The standard InChI is InChI=1S/C16H20N6O2/c1-4-9(2)14-18-15(22-21-14)10(3)17-16(23)12-8-11(19-20-12)13-6-5-7-24-13/h5-10H,4H2,1-3H3,(H,17,23)(H,19,20)(H,18,21,22). The maximum Gasteiger partial charge on any atom is 0.272 e. The van der Waals surface area contributed by atoms with E-state index in [2.05, 4.69) is 44.5 Å². The Kier molecular flexibility index (Phi) is 4.45. The van der Waals surface area contributed by atoms with Gasteiger partial charge in [0.15, 0.2) is 17.3 Å². The Morgan fingerprint density at radius 1 is 1.33 bits per heavy atom. The summed E-state index contributed by atoms with van der Waals surface area (Å²) in [5, 5.41) is 16.8. The van der Waals surface area contributed by atoms with Crippen LogP contribution >= 0.6 is 0 Å². The lowest BCUT2D eigenvalue weighted by Crippen LogP contribution is -2.27. The minimum atomic E-state index is -0.299. The second-order valence-electron chi connectivity index (χ2n) is 5.73. The van der Waals surface area contributed by atoms with Crippen molar-refractivity contribution in [3.63, 3.8) is 0 Å². The molecule has 0 saturated carbocycles. The number of furan rings is 1. The SMILES string of the molecule is CCC(C)c1n[nH]c(C(C)NC(=O)c2cc(-c3ccco3)[nH]n2)n1. The van der Waals surface area contributed by atoms with Crippen LogP contribution in [0.5, 0.6) is 0 Å². The molecule has 0 bridgehead atoms. The van der Waals surface area contributed by atoms with Crippen LogP contribution in [0.15, 0.2) is 28.9 Å². The maximum atomic E-state index is 12.3. The number of aromatic nitrogens is 5. The number of hydrogen-bond donors (Lipinski definition) is 3. The van der Waals surface area contributed by atoms with Gasteiger partial charge in [-0.1, -0.05) is 13.8 Å². The van der Waals surface area contributed by atoms with E-state index in [4.69, 9.17) is 4.42 Å². The van der Waals surface area contributed by atoms with Crippen molar-refractivity contribution in [1.82, 2.24) is 30.7 Å². The number of hydrogen-bond acceptors (Lipinski definition) is 5. The molecular weight excluding hydrogens is 308 g/mol. The van der Waals surface area contributed by atoms with Gasteiger partial charge in [-0.25, -0.2) is 4.98 Å². The number of H-pyrrole nitrogens is 2. The van der Waals surface area contributed by atoms with Crippen LogP contribution in [0.3, 0.4) is 0 Å². The molecule has 1 amide bonds. The highest BCUT2D eigenvalue weighted by Crippen LogP contribution is 2.19. The van der Waals surface area contributed by atoms with E-state index in [-0.39, 0.29) is 23.6 Å². The molecule has 8 nitrogen and oxygen atoms in total. The van der Waals surface area contributed by atoms with Gasteiger partial charge in [-0.15, -0.1) is 0 Å². The normalized spacial score (nSPS) is 13.6. The maximum absolute atomic E-state index is 12.3. The fourth-order valence-electron chi connectivity index (χ4n) is 2.22. The lowest BCUT2D eigenvalue weighted by molar-refractivity contribution is 0.0933. The zero-order valence-corrected chi connectivity index (χ0v) is 13.8. The molecule has 2 unspecified atom stereocenters. The first-order valence-electron chi connectivity index (χ1n) is 7.90. The summed E-state index contributed by atoms with van der Waals surface area (Å²) in [4.78, 5) is 16.8. The minimum Gasteiger partial charge on any atom is -0.463 e. The number of aromatic amines is 2. The molecule has 0 aliphatic rings. The molecule has 2 atom stereocenters. The predicted octanol–water partition coefficient (Wildman–Crippen LogP) is 2.79. The summed E-state index contributed by atoms with van der Waals surface area (Å²) in [6.45, 7) is 6.00. The molecule has 3 N–H and O–H groups in total. The summed E-state index contributed by atoms with van der Waals surface area (Å²) in [6.07, 6.45) is 2.53. The van der Waals surface area contributed by atoms with Gasteiger partial charge in [0.1, 0.15) is 11.5 Å². The Hall–Kier alpha value is -2.90. The van der Waals surface area contributed by atoms with Crippen molar-refractivity contribution < 1.29 is 9.21 Å². The van der Waals surface area contributed by atoms with Crippen LogP contribution < -0.4 is 5.32 Å². The molecule has 3 heterocycles. The third-order valence-corrected chi connectivity index (χ3v) is 3.93. The predicted molar refractivity (Wildman–Crippen MR) is 87.3 cm³/mol. The van der Waals surface area contributed by atoms with E-state index in [1.807, 2.05) is 6.92 Å². The summed E-state index contributed by atoms with van der Waals surface area (Å²) >= 11 is 0. The molecule has 0 saturated heterocycles. The van der Waals surface area contributed by atoms with Gasteiger partial charge >= 0.3 is 0 Å². The van der Waals surface area contributed by atoms with E-state index in [9.17, 15) is 4.79 Å². The second kappa shape index (κ2) is 6.69. The van der Waals surface area contributed by atoms with E-state index in [1.165, 1.54) is 0 Å².